The van der Waals surface area contributed by atoms with Gasteiger partial charge in [-0.15, -0.1) is 5.10 Å². The first-order chi connectivity index (χ1) is 16.5. The summed E-state index contributed by atoms with van der Waals surface area (Å²) in [6.45, 7) is 4.89. The minimum absolute atomic E-state index is 0.0204. The van der Waals surface area contributed by atoms with Gasteiger partial charge in [-0.1, -0.05) is 6.07 Å². The van der Waals surface area contributed by atoms with Gasteiger partial charge < -0.3 is 14.2 Å². The Balaban J connectivity index is 1.58. The average Bonchev–Trinajstić information content (AvgIpc) is 3.48. The lowest BCUT2D eigenvalue weighted by Gasteiger charge is -2.10. The van der Waals surface area contributed by atoms with E-state index in [4.69, 9.17) is 14.2 Å². The SMILES string of the molecule is CCOC(=O)Cn1nc2c(c1C)/C=C/c1[nH]nc3ccc(cc13)-c1cnn(C)c1OCCCO2. The first-order valence-corrected chi connectivity index (χ1v) is 11.2. The number of hydrogen-bond acceptors (Lipinski definition) is 7. The van der Waals surface area contributed by atoms with Crippen LogP contribution in [0.3, 0.4) is 0 Å². The fourth-order valence-corrected chi connectivity index (χ4v) is 4.00. The molecule has 0 spiro atoms. The molecule has 2 bridgehead atoms. The fraction of sp³-hybridized carbons (Fsp3) is 0.333. The molecule has 0 saturated heterocycles. The average molecular weight is 463 g/mol. The Hall–Kier alpha value is -4.08. The molecule has 0 radical (unpaired) electrons. The van der Waals surface area contributed by atoms with E-state index in [2.05, 4.69) is 26.5 Å². The minimum atomic E-state index is -0.343. The van der Waals surface area contributed by atoms with Crippen LogP contribution < -0.4 is 9.47 Å². The molecule has 34 heavy (non-hydrogen) atoms. The number of aryl methyl sites for hydroxylation is 1. The van der Waals surface area contributed by atoms with Crippen molar-refractivity contribution < 1.29 is 19.0 Å². The molecule has 3 aromatic heterocycles. The van der Waals surface area contributed by atoms with Gasteiger partial charge in [0.05, 0.1) is 48.4 Å². The molecule has 0 fully saturated rings. The summed E-state index contributed by atoms with van der Waals surface area (Å²) in [4.78, 5) is 12.0. The van der Waals surface area contributed by atoms with Crippen molar-refractivity contribution in [2.45, 2.75) is 26.8 Å². The van der Waals surface area contributed by atoms with Crippen LogP contribution in [0.15, 0.2) is 24.4 Å². The van der Waals surface area contributed by atoms with Crippen molar-refractivity contribution in [2.75, 3.05) is 19.8 Å². The second-order valence-electron chi connectivity index (χ2n) is 8.01. The van der Waals surface area contributed by atoms with Crippen LogP contribution in [-0.2, 0) is 23.1 Å². The van der Waals surface area contributed by atoms with E-state index in [1.54, 1.807) is 16.3 Å². The third-order valence-electron chi connectivity index (χ3n) is 5.76. The van der Waals surface area contributed by atoms with E-state index in [0.717, 1.165) is 39.0 Å². The molecule has 0 unspecified atom stereocenters. The number of esters is 1. The van der Waals surface area contributed by atoms with Crippen LogP contribution in [0.4, 0.5) is 0 Å². The summed E-state index contributed by atoms with van der Waals surface area (Å²) in [5.41, 5.74) is 5.23. The number of rotatable bonds is 3. The number of aromatic nitrogens is 6. The number of carbonyl (C=O) groups is 1. The van der Waals surface area contributed by atoms with Gasteiger partial charge in [-0.05, 0) is 43.7 Å². The van der Waals surface area contributed by atoms with E-state index < -0.39 is 0 Å². The van der Waals surface area contributed by atoms with E-state index in [1.807, 2.05) is 44.5 Å². The highest BCUT2D eigenvalue weighted by molar-refractivity contribution is 5.93. The van der Waals surface area contributed by atoms with Crippen LogP contribution in [0.25, 0.3) is 34.2 Å². The van der Waals surface area contributed by atoms with Crippen LogP contribution in [0.1, 0.15) is 30.3 Å². The number of nitrogens with one attached hydrogen (secondary N) is 1. The standard InChI is InChI=1S/C24H26N6O4/c1-4-32-22(31)14-30-15(2)17-7-9-21-18-12-16(6-8-20(18)26-27-21)19-13-25-29(3)24(19)34-11-5-10-33-23(17)28-30/h6-9,12-13H,4-5,10-11,14H2,1-3H3,(H,26,27)/b9-7+. The van der Waals surface area contributed by atoms with Gasteiger partial charge in [-0.2, -0.15) is 10.2 Å². The molecular formula is C24H26N6O4. The van der Waals surface area contributed by atoms with Gasteiger partial charge >= 0.3 is 5.97 Å². The summed E-state index contributed by atoms with van der Waals surface area (Å²) >= 11 is 0. The van der Waals surface area contributed by atoms with Crippen molar-refractivity contribution in [1.82, 2.24) is 29.8 Å². The van der Waals surface area contributed by atoms with Gasteiger partial charge in [-0.25, -0.2) is 4.68 Å². The van der Waals surface area contributed by atoms with Gasteiger partial charge in [0.15, 0.2) is 0 Å². The molecular weight excluding hydrogens is 436 g/mol. The largest absolute Gasteiger partial charge is 0.477 e. The van der Waals surface area contributed by atoms with Crippen LogP contribution in [-0.4, -0.2) is 55.5 Å². The number of aromatic amines is 1. The fourth-order valence-electron chi connectivity index (χ4n) is 4.00. The number of carbonyl (C=O) groups excluding carboxylic acids is 1. The van der Waals surface area contributed by atoms with Crippen LogP contribution >= 0.6 is 0 Å². The van der Waals surface area contributed by atoms with E-state index >= 15 is 0 Å². The summed E-state index contributed by atoms with van der Waals surface area (Å²) in [7, 11) is 1.86. The van der Waals surface area contributed by atoms with E-state index in [1.165, 1.54) is 0 Å². The maximum atomic E-state index is 12.0. The second kappa shape index (κ2) is 9.05. The molecule has 5 rings (SSSR count). The van der Waals surface area contributed by atoms with Gasteiger partial charge in [-0.3, -0.25) is 14.6 Å². The first-order valence-electron chi connectivity index (χ1n) is 11.2. The van der Waals surface area contributed by atoms with Crippen molar-refractivity contribution in [3.05, 3.63) is 41.3 Å². The number of benzene rings is 1. The van der Waals surface area contributed by atoms with Gasteiger partial charge in [0, 0.05) is 24.5 Å². The third-order valence-corrected chi connectivity index (χ3v) is 5.76. The second-order valence-corrected chi connectivity index (χ2v) is 8.01. The normalized spacial score (nSPS) is 14.4. The van der Waals surface area contributed by atoms with Crippen molar-refractivity contribution in [1.29, 1.82) is 0 Å². The minimum Gasteiger partial charge on any atom is -0.477 e. The first kappa shape index (κ1) is 21.7. The lowest BCUT2D eigenvalue weighted by molar-refractivity contribution is -0.144. The van der Waals surface area contributed by atoms with Crippen molar-refractivity contribution >= 4 is 29.0 Å². The molecule has 0 aliphatic carbocycles. The molecule has 176 valence electrons. The summed E-state index contributed by atoms with van der Waals surface area (Å²) in [5.74, 6) is 0.813. The number of fused-ring (bicyclic) bond motifs is 4. The Morgan fingerprint density at radius 1 is 1.24 bits per heavy atom. The smallest absolute Gasteiger partial charge is 0.327 e. The highest BCUT2D eigenvalue weighted by Crippen LogP contribution is 2.33. The van der Waals surface area contributed by atoms with Crippen LogP contribution in [0, 0.1) is 6.92 Å². The lowest BCUT2D eigenvalue weighted by Crippen LogP contribution is -2.15. The highest BCUT2D eigenvalue weighted by Gasteiger charge is 2.18. The summed E-state index contributed by atoms with van der Waals surface area (Å²) < 4.78 is 20.5. The zero-order valence-electron chi connectivity index (χ0n) is 19.4. The van der Waals surface area contributed by atoms with E-state index in [9.17, 15) is 4.79 Å². The Morgan fingerprint density at radius 2 is 2.09 bits per heavy atom. The molecule has 10 heteroatoms. The van der Waals surface area contributed by atoms with Crippen LogP contribution in [0.2, 0.25) is 0 Å². The Kier molecular flexibility index (Phi) is 5.79. The van der Waals surface area contributed by atoms with Gasteiger partial charge in [0.2, 0.25) is 11.8 Å². The maximum absolute atomic E-state index is 12.0. The topological polar surface area (TPSA) is 109 Å². The lowest BCUT2D eigenvalue weighted by atomic mass is 10.1. The summed E-state index contributed by atoms with van der Waals surface area (Å²) in [5, 5.41) is 17.4. The van der Waals surface area contributed by atoms with Gasteiger partial charge in [0.25, 0.3) is 0 Å². The summed E-state index contributed by atoms with van der Waals surface area (Å²) in [6.07, 6.45) is 6.35. The van der Waals surface area contributed by atoms with Gasteiger partial charge in [0.1, 0.15) is 6.54 Å². The molecule has 1 N–H and O–H groups in total. The molecule has 1 aliphatic rings. The number of hydrogen-bond donors (Lipinski definition) is 1. The zero-order chi connectivity index (χ0) is 23.7. The predicted octanol–water partition coefficient (Wildman–Crippen LogP) is 3.36. The Bertz CT molecular complexity index is 1380. The zero-order valence-corrected chi connectivity index (χ0v) is 19.4. The maximum Gasteiger partial charge on any atom is 0.327 e. The molecule has 4 aromatic rings. The molecule has 0 atom stereocenters. The van der Waals surface area contributed by atoms with Crippen LogP contribution in [0.5, 0.6) is 11.8 Å². The predicted molar refractivity (Wildman–Crippen MR) is 126 cm³/mol. The number of H-pyrrole nitrogens is 1. The molecule has 1 aliphatic heterocycles. The molecule has 0 saturated carbocycles. The molecule has 10 nitrogen and oxygen atoms in total. The van der Waals surface area contributed by atoms with E-state index in [0.29, 0.717) is 38.0 Å². The number of nitrogens with zero attached hydrogens (tertiary/aromatic N) is 5. The molecule has 0 amide bonds. The van der Waals surface area contributed by atoms with Crippen molar-refractivity contribution in [2.24, 2.45) is 7.05 Å². The molecule has 1 aromatic carbocycles. The third kappa shape index (κ3) is 4.02. The Morgan fingerprint density at radius 3 is 2.94 bits per heavy atom. The van der Waals surface area contributed by atoms with Crippen molar-refractivity contribution in [3.63, 3.8) is 0 Å². The number of ether oxygens (including phenoxy) is 3. The highest BCUT2D eigenvalue weighted by atomic mass is 16.5. The van der Waals surface area contributed by atoms with E-state index in [-0.39, 0.29) is 12.5 Å². The quantitative estimate of drug-likeness (QED) is 0.465. The Labute approximate surface area is 196 Å². The van der Waals surface area contributed by atoms with Crippen molar-refractivity contribution in [3.8, 4) is 22.9 Å². The summed E-state index contributed by atoms with van der Waals surface area (Å²) in [6, 6.07) is 6.07. The monoisotopic (exact) mass is 462 g/mol. The molecule has 4 heterocycles.